The average molecular weight is 354 g/mol. The molecule has 0 fully saturated rings. The molecule has 0 aliphatic carbocycles. The lowest BCUT2D eigenvalue weighted by Crippen LogP contribution is -2.07. The molecule has 98 valence electrons. The van der Waals surface area contributed by atoms with Crippen LogP contribution in [0.5, 0.6) is 0 Å². The fraction of sp³-hybridized carbons (Fsp3) is 0.154. The van der Waals surface area contributed by atoms with Gasteiger partial charge >= 0.3 is 0 Å². The second-order valence-corrected chi connectivity index (χ2v) is 6.86. The van der Waals surface area contributed by atoms with Gasteiger partial charge in [-0.05, 0) is 31.3 Å². The Morgan fingerprint density at radius 3 is 2.89 bits per heavy atom. The van der Waals surface area contributed by atoms with Crippen molar-refractivity contribution in [3.8, 4) is 0 Å². The van der Waals surface area contributed by atoms with Gasteiger partial charge in [0.25, 0.3) is 0 Å². The van der Waals surface area contributed by atoms with E-state index in [-0.39, 0.29) is 0 Å². The third kappa shape index (κ3) is 2.72. The van der Waals surface area contributed by atoms with E-state index >= 15 is 0 Å². The van der Waals surface area contributed by atoms with Crippen LogP contribution in [0, 0.1) is 0 Å². The minimum absolute atomic E-state index is 0.816. The summed E-state index contributed by atoms with van der Waals surface area (Å²) < 4.78 is 3.25. The van der Waals surface area contributed by atoms with Gasteiger partial charge in [-0.2, -0.15) is 0 Å². The van der Waals surface area contributed by atoms with E-state index in [0.717, 1.165) is 21.0 Å². The van der Waals surface area contributed by atoms with Crippen LogP contribution in [0.3, 0.4) is 0 Å². The molecule has 3 nitrogen and oxygen atoms in total. The maximum absolute atomic E-state index is 4.70. The fourth-order valence-electron chi connectivity index (χ4n) is 1.84. The lowest BCUT2D eigenvalue weighted by Gasteiger charge is -2.03. The molecule has 0 saturated heterocycles. The molecular weight excluding hydrogens is 342 g/mol. The van der Waals surface area contributed by atoms with Gasteiger partial charge in [0.05, 0.1) is 5.69 Å². The second-order valence-electron chi connectivity index (χ2n) is 4.01. The average Bonchev–Trinajstić information content (AvgIpc) is 2.96. The third-order valence-corrected chi connectivity index (χ3v) is 5.01. The topological polar surface area (TPSA) is 29.3 Å². The first-order chi connectivity index (χ1) is 9.28. The van der Waals surface area contributed by atoms with Crippen molar-refractivity contribution in [2.24, 2.45) is 0 Å². The molecule has 3 aromatic rings. The Bertz CT molecular complexity index is 688. The Morgan fingerprint density at radius 2 is 2.16 bits per heavy atom. The van der Waals surface area contributed by atoms with Crippen molar-refractivity contribution in [2.45, 2.75) is 16.5 Å². The van der Waals surface area contributed by atoms with Crippen molar-refractivity contribution < 1.29 is 0 Å². The molecule has 0 spiro atoms. The summed E-state index contributed by atoms with van der Waals surface area (Å²) in [6, 6.07) is 8.31. The molecule has 0 atom stereocenters. The highest BCUT2D eigenvalue weighted by Crippen LogP contribution is 2.32. The Kier molecular flexibility index (Phi) is 3.93. The number of nitrogens with one attached hydrogen (secondary N) is 1. The molecule has 0 radical (unpaired) electrons. The number of halogens is 1. The van der Waals surface area contributed by atoms with Gasteiger partial charge in [0.1, 0.15) is 5.03 Å². The molecule has 0 aliphatic rings. The maximum atomic E-state index is 4.70. The molecule has 3 rings (SSSR count). The second kappa shape index (κ2) is 5.66. The minimum Gasteiger partial charge on any atom is -0.314 e. The molecule has 6 heteroatoms. The van der Waals surface area contributed by atoms with Gasteiger partial charge < -0.3 is 5.32 Å². The van der Waals surface area contributed by atoms with E-state index in [9.17, 15) is 0 Å². The van der Waals surface area contributed by atoms with E-state index in [1.54, 1.807) is 23.1 Å². The number of imidazole rings is 1. The van der Waals surface area contributed by atoms with E-state index in [2.05, 4.69) is 61.5 Å². The maximum Gasteiger partial charge on any atom is 0.194 e. The normalized spacial score (nSPS) is 11.3. The SMILES string of the molecule is CNCc1c(Sc2ccc(Br)cc2)nc2sccn12. The zero-order chi connectivity index (χ0) is 13.2. The summed E-state index contributed by atoms with van der Waals surface area (Å²) in [7, 11) is 1.96. The number of nitrogens with zero attached hydrogens (tertiary/aromatic N) is 2. The first-order valence-corrected chi connectivity index (χ1v) is 8.29. The van der Waals surface area contributed by atoms with Gasteiger partial charge in [-0.3, -0.25) is 4.40 Å². The highest BCUT2D eigenvalue weighted by atomic mass is 79.9. The third-order valence-electron chi connectivity index (χ3n) is 2.70. The predicted molar refractivity (Wildman–Crippen MR) is 84.1 cm³/mol. The number of rotatable bonds is 4. The molecule has 0 unspecified atom stereocenters. The van der Waals surface area contributed by atoms with Crippen LogP contribution in [-0.2, 0) is 6.54 Å². The molecule has 0 amide bonds. The molecule has 1 N–H and O–H groups in total. The highest BCUT2D eigenvalue weighted by molar-refractivity contribution is 9.10. The summed E-state index contributed by atoms with van der Waals surface area (Å²) in [4.78, 5) is 6.95. The number of benzene rings is 1. The van der Waals surface area contributed by atoms with Crippen LogP contribution >= 0.6 is 39.0 Å². The Labute approximate surface area is 128 Å². The number of aromatic nitrogens is 2. The molecule has 2 heterocycles. The van der Waals surface area contributed by atoms with Crippen LogP contribution in [0.2, 0.25) is 0 Å². The lowest BCUT2D eigenvalue weighted by molar-refractivity contribution is 0.765. The molecular formula is C13H12BrN3S2. The number of hydrogen-bond acceptors (Lipinski definition) is 4. The summed E-state index contributed by atoms with van der Waals surface area (Å²) in [5.41, 5.74) is 1.21. The fourth-order valence-corrected chi connectivity index (χ4v) is 3.81. The molecule has 0 aliphatic heterocycles. The molecule has 19 heavy (non-hydrogen) atoms. The van der Waals surface area contributed by atoms with E-state index < -0.39 is 0 Å². The van der Waals surface area contributed by atoms with Gasteiger partial charge in [0, 0.05) is 27.5 Å². The van der Waals surface area contributed by atoms with Crippen LogP contribution in [-0.4, -0.2) is 16.4 Å². The van der Waals surface area contributed by atoms with Gasteiger partial charge in [-0.25, -0.2) is 4.98 Å². The van der Waals surface area contributed by atoms with Gasteiger partial charge in [-0.1, -0.05) is 27.7 Å². The summed E-state index contributed by atoms with van der Waals surface area (Å²) in [6.45, 7) is 0.816. The number of thiazole rings is 1. The van der Waals surface area contributed by atoms with Crippen molar-refractivity contribution in [3.63, 3.8) is 0 Å². The predicted octanol–water partition coefficient (Wildman–Crippen LogP) is 4.03. The first-order valence-electron chi connectivity index (χ1n) is 5.80. The zero-order valence-electron chi connectivity index (χ0n) is 10.3. The first kappa shape index (κ1) is 13.2. The Hall–Kier alpha value is -0.820. The van der Waals surface area contributed by atoms with Crippen LogP contribution in [0.1, 0.15) is 5.69 Å². The Balaban J connectivity index is 1.97. The van der Waals surface area contributed by atoms with Crippen molar-refractivity contribution in [2.75, 3.05) is 7.05 Å². The van der Waals surface area contributed by atoms with E-state index in [0.29, 0.717) is 0 Å². The summed E-state index contributed by atoms with van der Waals surface area (Å²) in [6.07, 6.45) is 2.07. The van der Waals surface area contributed by atoms with Crippen LogP contribution in [0.25, 0.3) is 4.96 Å². The number of fused-ring (bicyclic) bond motifs is 1. The Morgan fingerprint density at radius 1 is 1.37 bits per heavy atom. The van der Waals surface area contributed by atoms with Gasteiger partial charge in [-0.15, -0.1) is 11.3 Å². The quantitative estimate of drug-likeness (QED) is 0.767. The van der Waals surface area contributed by atoms with Crippen LogP contribution < -0.4 is 5.32 Å². The van der Waals surface area contributed by atoms with Crippen molar-refractivity contribution in [1.29, 1.82) is 0 Å². The van der Waals surface area contributed by atoms with Crippen molar-refractivity contribution in [3.05, 3.63) is 46.0 Å². The molecule has 0 bridgehead atoms. The van der Waals surface area contributed by atoms with Crippen molar-refractivity contribution >= 4 is 44.0 Å². The highest BCUT2D eigenvalue weighted by Gasteiger charge is 2.13. The minimum atomic E-state index is 0.816. The molecule has 2 aromatic heterocycles. The molecule has 0 saturated carbocycles. The van der Waals surface area contributed by atoms with E-state index in [1.165, 1.54) is 10.6 Å². The molecule has 1 aromatic carbocycles. The summed E-state index contributed by atoms with van der Waals surface area (Å²) >= 11 is 6.83. The van der Waals surface area contributed by atoms with Crippen LogP contribution in [0.4, 0.5) is 0 Å². The number of hydrogen-bond donors (Lipinski definition) is 1. The smallest absolute Gasteiger partial charge is 0.194 e. The van der Waals surface area contributed by atoms with Gasteiger partial charge in [0.15, 0.2) is 4.96 Å². The van der Waals surface area contributed by atoms with Crippen molar-refractivity contribution in [1.82, 2.24) is 14.7 Å². The summed E-state index contributed by atoms with van der Waals surface area (Å²) in [5.74, 6) is 0. The largest absolute Gasteiger partial charge is 0.314 e. The summed E-state index contributed by atoms with van der Waals surface area (Å²) in [5, 5.41) is 6.35. The van der Waals surface area contributed by atoms with Crippen LogP contribution in [0.15, 0.2) is 50.2 Å². The van der Waals surface area contributed by atoms with E-state index in [1.807, 2.05) is 7.05 Å². The zero-order valence-corrected chi connectivity index (χ0v) is 13.5. The monoisotopic (exact) mass is 353 g/mol. The van der Waals surface area contributed by atoms with E-state index in [4.69, 9.17) is 4.98 Å². The standard InChI is InChI=1S/C13H12BrN3S2/c1-15-8-11-12(16-13-17(11)6-7-18-13)19-10-4-2-9(14)3-5-10/h2-7,15H,8H2,1H3. The van der Waals surface area contributed by atoms with Gasteiger partial charge in [0.2, 0.25) is 0 Å². The lowest BCUT2D eigenvalue weighted by atomic mass is 10.4.